The van der Waals surface area contributed by atoms with Crippen molar-refractivity contribution >= 4 is 34.4 Å². The second kappa shape index (κ2) is 5.77. The van der Waals surface area contributed by atoms with Gasteiger partial charge in [0.1, 0.15) is 5.60 Å². The number of carbonyl (C=O) groups excluding carboxylic acids is 2. The number of hydrogen-bond donors (Lipinski definition) is 1. The fourth-order valence-corrected chi connectivity index (χ4v) is 1.80. The molecule has 5 nitrogen and oxygen atoms in total. The van der Waals surface area contributed by atoms with Gasteiger partial charge in [-0.05, 0) is 27.7 Å². The third kappa shape index (κ3) is 4.29. The van der Waals surface area contributed by atoms with Crippen molar-refractivity contribution in [3.8, 4) is 0 Å². The standard InChI is InChI=1S/C12H15N2O3S/c1-5-8(6-15)9-7-18-10(13-9)14-11(16)17-12(2,3)4/h5,7H,1-4H3,(H,13,14,16)/b8-5-. The van der Waals surface area contributed by atoms with Gasteiger partial charge in [0.05, 0.1) is 5.69 Å². The molecular formula is C12H15N2O3S. The fraction of sp³-hybridized carbons (Fsp3) is 0.417. The van der Waals surface area contributed by atoms with E-state index in [0.29, 0.717) is 16.4 Å². The maximum atomic E-state index is 11.5. The minimum absolute atomic E-state index is 0.364. The zero-order chi connectivity index (χ0) is 13.8. The van der Waals surface area contributed by atoms with Crippen LogP contribution < -0.4 is 5.32 Å². The van der Waals surface area contributed by atoms with Gasteiger partial charge in [-0.3, -0.25) is 10.1 Å². The number of anilines is 1. The largest absolute Gasteiger partial charge is 0.444 e. The van der Waals surface area contributed by atoms with E-state index in [9.17, 15) is 9.59 Å². The van der Waals surface area contributed by atoms with Gasteiger partial charge in [0.25, 0.3) is 0 Å². The van der Waals surface area contributed by atoms with Gasteiger partial charge in [-0.2, -0.15) is 0 Å². The normalized spacial score (nSPS) is 12.1. The number of thiazole rings is 1. The number of nitrogens with zero attached hydrogens (tertiary/aromatic N) is 1. The van der Waals surface area contributed by atoms with E-state index in [1.54, 1.807) is 45.4 Å². The van der Waals surface area contributed by atoms with Crippen molar-refractivity contribution in [3.63, 3.8) is 0 Å². The van der Waals surface area contributed by atoms with Crippen molar-refractivity contribution in [1.82, 2.24) is 4.98 Å². The summed E-state index contributed by atoms with van der Waals surface area (Å²) in [7, 11) is 0. The van der Waals surface area contributed by atoms with E-state index in [1.165, 1.54) is 11.3 Å². The number of hydrogen-bond acceptors (Lipinski definition) is 5. The first-order chi connectivity index (χ1) is 8.35. The van der Waals surface area contributed by atoms with Crippen molar-refractivity contribution in [1.29, 1.82) is 0 Å². The molecule has 1 rings (SSSR count). The summed E-state index contributed by atoms with van der Waals surface area (Å²) >= 11 is 1.22. The third-order valence-electron chi connectivity index (χ3n) is 1.79. The highest BCUT2D eigenvalue weighted by Crippen LogP contribution is 2.21. The lowest BCUT2D eigenvalue weighted by atomic mass is 10.2. The maximum absolute atomic E-state index is 11.5. The fourth-order valence-electron chi connectivity index (χ4n) is 1.10. The van der Waals surface area contributed by atoms with Crippen LogP contribution in [-0.2, 0) is 9.53 Å². The van der Waals surface area contributed by atoms with Gasteiger partial charge in [0, 0.05) is 11.0 Å². The van der Waals surface area contributed by atoms with Gasteiger partial charge >= 0.3 is 6.09 Å². The molecule has 0 aliphatic heterocycles. The molecule has 6 heteroatoms. The van der Waals surface area contributed by atoms with E-state index < -0.39 is 11.7 Å². The molecule has 1 N–H and O–H groups in total. The summed E-state index contributed by atoms with van der Waals surface area (Å²) in [5, 5.41) is 4.57. The lowest BCUT2D eigenvalue weighted by Gasteiger charge is -2.18. The molecule has 1 amide bonds. The van der Waals surface area contributed by atoms with Crippen molar-refractivity contribution in [2.24, 2.45) is 0 Å². The summed E-state index contributed by atoms with van der Waals surface area (Å²) in [5.74, 6) is 0. The smallest absolute Gasteiger partial charge is 0.413 e. The Labute approximate surface area is 110 Å². The van der Waals surface area contributed by atoms with E-state index in [4.69, 9.17) is 4.74 Å². The molecule has 1 aromatic rings. The molecule has 0 unspecified atom stereocenters. The van der Waals surface area contributed by atoms with Crippen LogP contribution in [0, 0.1) is 0 Å². The van der Waals surface area contributed by atoms with E-state index in [1.807, 2.05) is 0 Å². The number of carbonyl (C=O) groups is 1. The Balaban J connectivity index is 2.70. The molecular weight excluding hydrogens is 252 g/mol. The van der Waals surface area contributed by atoms with Gasteiger partial charge in [-0.25, -0.2) is 9.78 Å². The van der Waals surface area contributed by atoms with E-state index in [-0.39, 0.29) is 0 Å². The molecule has 0 bridgehead atoms. The highest BCUT2D eigenvalue weighted by molar-refractivity contribution is 7.14. The Bertz CT molecular complexity index is 472. The first kappa shape index (κ1) is 14.4. The van der Waals surface area contributed by atoms with E-state index >= 15 is 0 Å². The molecule has 1 radical (unpaired) electrons. The van der Waals surface area contributed by atoms with Crippen LogP contribution in [0.5, 0.6) is 0 Å². The summed E-state index contributed by atoms with van der Waals surface area (Å²) < 4.78 is 5.09. The Morgan fingerprint density at radius 2 is 2.22 bits per heavy atom. The third-order valence-corrected chi connectivity index (χ3v) is 2.54. The molecule has 1 aromatic heterocycles. The van der Waals surface area contributed by atoms with Gasteiger partial charge in [-0.1, -0.05) is 6.08 Å². The monoisotopic (exact) mass is 267 g/mol. The van der Waals surface area contributed by atoms with Gasteiger partial charge < -0.3 is 4.74 Å². The molecule has 18 heavy (non-hydrogen) atoms. The van der Waals surface area contributed by atoms with E-state index in [2.05, 4.69) is 10.3 Å². The Kier molecular flexibility index (Phi) is 4.61. The molecule has 0 spiro atoms. The van der Waals surface area contributed by atoms with Crippen LogP contribution in [0.4, 0.5) is 9.93 Å². The van der Waals surface area contributed by atoms with Gasteiger partial charge in [0.2, 0.25) is 6.29 Å². The van der Waals surface area contributed by atoms with Crippen molar-refractivity contribution in [3.05, 3.63) is 17.2 Å². The quantitative estimate of drug-likeness (QED) is 0.855. The Hall–Kier alpha value is -1.69. The minimum atomic E-state index is -0.569. The Morgan fingerprint density at radius 1 is 1.56 bits per heavy atom. The molecule has 0 saturated carbocycles. The van der Waals surface area contributed by atoms with Crippen LogP contribution in [0.3, 0.4) is 0 Å². The number of nitrogens with one attached hydrogen (secondary N) is 1. The first-order valence-corrected chi connectivity index (χ1v) is 6.24. The molecule has 97 valence electrons. The average molecular weight is 267 g/mol. The predicted molar refractivity (Wildman–Crippen MR) is 71.3 cm³/mol. The zero-order valence-corrected chi connectivity index (χ0v) is 11.6. The van der Waals surface area contributed by atoms with Crippen molar-refractivity contribution < 1.29 is 14.3 Å². The number of ether oxygens (including phenoxy) is 1. The van der Waals surface area contributed by atoms with E-state index in [0.717, 1.165) is 0 Å². The van der Waals surface area contributed by atoms with Crippen LogP contribution in [0.2, 0.25) is 0 Å². The average Bonchev–Trinajstić information content (AvgIpc) is 2.65. The molecule has 0 fully saturated rings. The minimum Gasteiger partial charge on any atom is -0.444 e. The Morgan fingerprint density at radius 3 is 2.72 bits per heavy atom. The number of aromatic nitrogens is 1. The SMILES string of the molecule is C/C=C(/[C]=O)c1csc(NC(=O)OC(C)(C)C)n1. The number of amides is 1. The second-order valence-electron chi connectivity index (χ2n) is 4.47. The molecule has 0 aliphatic carbocycles. The summed E-state index contributed by atoms with van der Waals surface area (Å²) in [4.78, 5) is 26.2. The van der Waals surface area contributed by atoms with Crippen molar-refractivity contribution in [2.45, 2.75) is 33.3 Å². The van der Waals surface area contributed by atoms with Crippen LogP contribution in [0.1, 0.15) is 33.4 Å². The highest BCUT2D eigenvalue weighted by Gasteiger charge is 2.17. The molecule has 0 atom stereocenters. The zero-order valence-electron chi connectivity index (χ0n) is 10.7. The summed E-state index contributed by atoms with van der Waals surface area (Å²) in [5.41, 5.74) is 0.293. The van der Waals surface area contributed by atoms with Crippen LogP contribution in [0.15, 0.2) is 11.5 Å². The van der Waals surface area contributed by atoms with Crippen LogP contribution in [0.25, 0.3) is 5.57 Å². The summed E-state index contributed by atoms with van der Waals surface area (Å²) in [6.45, 7) is 7.05. The summed E-state index contributed by atoms with van der Waals surface area (Å²) in [6.07, 6.45) is 2.83. The number of allylic oxidation sites excluding steroid dienone is 2. The van der Waals surface area contributed by atoms with Crippen LogP contribution in [-0.4, -0.2) is 23.0 Å². The van der Waals surface area contributed by atoms with Gasteiger partial charge in [0.15, 0.2) is 5.13 Å². The summed E-state index contributed by atoms with van der Waals surface area (Å²) in [6, 6.07) is 0. The molecule has 0 saturated heterocycles. The van der Waals surface area contributed by atoms with Crippen LogP contribution >= 0.6 is 11.3 Å². The second-order valence-corrected chi connectivity index (χ2v) is 5.33. The lowest BCUT2D eigenvalue weighted by Crippen LogP contribution is -2.27. The molecule has 1 heterocycles. The topological polar surface area (TPSA) is 68.3 Å². The van der Waals surface area contributed by atoms with Crippen molar-refractivity contribution in [2.75, 3.05) is 5.32 Å². The number of rotatable bonds is 3. The lowest BCUT2D eigenvalue weighted by molar-refractivity contribution is 0.0636. The van der Waals surface area contributed by atoms with Gasteiger partial charge in [-0.15, -0.1) is 11.3 Å². The molecule has 0 aliphatic rings. The maximum Gasteiger partial charge on any atom is 0.413 e. The highest BCUT2D eigenvalue weighted by atomic mass is 32.1. The predicted octanol–water partition coefficient (Wildman–Crippen LogP) is 3.00. The first-order valence-electron chi connectivity index (χ1n) is 5.36. The molecule has 0 aromatic carbocycles.